The molecule has 14 heavy (non-hydrogen) atoms. The van der Waals surface area contributed by atoms with Crippen molar-refractivity contribution < 1.29 is 0 Å². The van der Waals surface area contributed by atoms with Gasteiger partial charge in [-0.1, -0.05) is 40.5 Å². The highest BCUT2D eigenvalue weighted by molar-refractivity contribution is 4.80. The van der Waals surface area contributed by atoms with Crippen LogP contribution >= 0.6 is 0 Å². The molecular weight excluding hydrogens is 170 g/mol. The summed E-state index contributed by atoms with van der Waals surface area (Å²) in [5, 5.41) is 0. The highest BCUT2D eigenvalue weighted by atomic mass is 15.1. The maximum Gasteiger partial charge on any atom is 0.00977 e. The molecule has 1 aliphatic carbocycles. The van der Waals surface area contributed by atoms with Crippen LogP contribution in [0.15, 0.2) is 0 Å². The maximum atomic E-state index is 2.65. The van der Waals surface area contributed by atoms with E-state index in [2.05, 4.69) is 32.6 Å². The summed E-state index contributed by atoms with van der Waals surface area (Å²) in [7, 11) is 0. The van der Waals surface area contributed by atoms with E-state index in [0.717, 1.165) is 17.9 Å². The van der Waals surface area contributed by atoms with E-state index in [1.165, 1.54) is 38.8 Å². The van der Waals surface area contributed by atoms with Crippen molar-refractivity contribution in [1.82, 2.24) is 4.90 Å². The molecule has 0 amide bonds. The third kappa shape index (κ3) is 2.98. The van der Waals surface area contributed by atoms with E-state index in [1.807, 2.05) is 0 Å². The van der Waals surface area contributed by atoms with Crippen molar-refractivity contribution in [2.75, 3.05) is 13.1 Å². The molecule has 1 aliphatic rings. The second-order valence-electron chi connectivity index (χ2n) is 5.05. The molecule has 0 unspecified atom stereocenters. The van der Waals surface area contributed by atoms with Gasteiger partial charge in [0.25, 0.3) is 0 Å². The number of hydrogen-bond acceptors (Lipinski definition) is 1. The molecular formula is C13H27N. The predicted molar refractivity (Wildman–Crippen MR) is 63.5 cm³/mol. The van der Waals surface area contributed by atoms with Gasteiger partial charge in [0.05, 0.1) is 0 Å². The minimum atomic E-state index is 0.881. The Balaban J connectivity index is 2.46. The van der Waals surface area contributed by atoms with Gasteiger partial charge in [-0.25, -0.2) is 0 Å². The molecule has 0 N–H and O–H groups in total. The zero-order valence-corrected chi connectivity index (χ0v) is 10.4. The van der Waals surface area contributed by atoms with Gasteiger partial charge in [-0.15, -0.1) is 0 Å². The van der Waals surface area contributed by atoms with Crippen molar-refractivity contribution in [2.45, 2.75) is 59.4 Å². The van der Waals surface area contributed by atoms with Gasteiger partial charge in [0, 0.05) is 6.04 Å². The summed E-state index contributed by atoms with van der Waals surface area (Å²) >= 11 is 0. The zero-order valence-electron chi connectivity index (χ0n) is 10.4. The lowest BCUT2D eigenvalue weighted by molar-refractivity contribution is 0.124. The van der Waals surface area contributed by atoms with Crippen molar-refractivity contribution >= 4 is 0 Å². The average molecular weight is 197 g/mol. The van der Waals surface area contributed by atoms with Gasteiger partial charge >= 0.3 is 0 Å². The lowest BCUT2D eigenvalue weighted by Gasteiger charge is -2.38. The van der Waals surface area contributed by atoms with Crippen molar-refractivity contribution in [2.24, 2.45) is 11.8 Å². The molecule has 0 saturated heterocycles. The fraction of sp³-hybridized carbons (Fsp3) is 1.00. The Labute approximate surface area is 89.9 Å². The van der Waals surface area contributed by atoms with Gasteiger partial charge in [0.2, 0.25) is 0 Å². The quantitative estimate of drug-likeness (QED) is 0.666. The molecule has 2 atom stereocenters. The van der Waals surface area contributed by atoms with Gasteiger partial charge in [-0.2, -0.15) is 0 Å². The third-order valence-corrected chi connectivity index (χ3v) is 3.96. The minimum absolute atomic E-state index is 0.881. The molecule has 0 aliphatic heterocycles. The topological polar surface area (TPSA) is 3.24 Å². The molecule has 1 nitrogen and oxygen atoms in total. The monoisotopic (exact) mass is 197 g/mol. The van der Waals surface area contributed by atoms with Crippen LogP contribution in [-0.4, -0.2) is 24.0 Å². The lowest BCUT2D eigenvalue weighted by atomic mass is 9.79. The van der Waals surface area contributed by atoms with Crippen molar-refractivity contribution in [3.8, 4) is 0 Å². The molecule has 0 bridgehead atoms. The minimum Gasteiger partial charge on any atom is -0.301 e. The zero-order chi connectivity index (χ0) is 10.6. The molecule has 1 fully saturated rings. The van der Waals surface area contributed by atoms with Crippen LogP contribution < -0.4 is 0 Å². The fourth-order valence-corrected chi connectivity index (χ4v) is 2.88. The van der Waals surface area contributed by atoms with Crippen LogP contribution in [0.25, 0.3) is 0 Å². The van der Waals surface area contributed by atoms with Crippen molar-refractivity contribution in [3.05, 3.63) is 0 Å². The SMILES string of the molecule is CCN(CC)[C@@H]1CCC[C@H](C(C)C)C1. The van der Waals surface area contributed by atoms with Crippen LogP contribution in [0, 0.1) is 11.8 Å². The largest absolute Gasteiger partial charge is 0.301 e. The van der Waals surface area contributed by atoms with Crippen LogP contribution in [0.3, 0.4) is 0 Å². The summed E-state index contributed by atoms with van der Waals surface area (Å²) in [6, 6.07) is 0.881. The summed E-state index contributed by atoms with van der Waals surface area (Å²) in [4.78, 5) is 2.65. The lowest BCUT2D eigenvalue weighted by Crippen LogP contribution is -2.39. The maximum absolute atomic E-state index is 2.65. The summed E-state index contributed by atoms with van der Waals surface area (Å²) < 4.78 is 0. The van der Waals surface area contributed by atoms with Crippen LogP contribution in [0.1, 0.15) is 53.4 Å². The summed E-state index contributed by atoms with van der Waals surface area (Å²) in [6.45, 7) is 11.8. The van der Waals surface area contributed by atoms with Crippen LogP contribution in [-0.2, 0) is 0 Å². The van der Waals surface area contributed by atoms with Crippen molar-refractivity contribution in [1.29, 1.82) is 0 Å². The molecule has 0 aromatic heterocycles. The normalized spacial score (nSPS) is 28.7. The van der Waals surface area contributed by atoms with E-state index >= 15 is 0 Å². The first kappa shape index (κ1) is 12.0. The Kier molecular flexibility index (Phi) is 4.94. The van der Waals surface area contributed by atoms with Crippen LogP contribution in [0.2, 0.25) is 0 Å². The Morgan fingerprint density at radius 2 is 1.79 bits per heavy atom. The molecule has 0 spiro atoms. The van der Waals surface area contributed by atoms with Gasteiger partial charge in [-0.05, 0) is 37.8 Å². The summed E-state index contributed by atoms with van der Waals surface area (Å²) in [5.74, 6) is 1.86. The molecule has 0 heterocycles. The number of rotatable bonds is 4. The van der Waals surface area contributed by atoms with Crippen LogP contribution in [0.5, 0.6) is 0 Å². The van der Waals surface area contributed by atoms with E-state index in [-0.39, 0.29) is 0 Å². The van der Waals surface area contributed by atoms with Gasteiger partial charge in [0.1, 0.15) is 0 Å². The van der Waals surface area contributed by atoms with Gasteiger partial charge in [0.15, 0.2) is 0 Å². The highest BCUT2D eigenvalue weighted by Crippen LogP contribution is 2.32. The van der Waals surface area contributed by atoms with Gasteiger partial charge < -0.3 is 4.90 Å². The Morgan fingerprint density at radius 1 is 1.14 bits per heavy atom. The number of hydrogen-bond donors (Lipinski definition) is 0. The predicted octanol–water partition coefficient (Wildman–Crippen LogP) is 3.54. The van der Waals surface area contributed by atoms with E-state index < -0.39 is 0 Å². The van der Waals surface area contributed by atoms with E-state index in [0.29, 0.717) is 0 Å². The standard InChI is InChI=1S/C13H27N/c1-5-14(6-2)13-9-7-8-12(10-13)11(3)4/h11-13H,5-10H2,1-4H3/t12-,13+/m0/s1. The summed E-state index contributed by atoms with van der Waals surface area (Å²) in [6.07, 6.45) is 5.80. The third-order valence-electron chi connectivity index (χ3n) is 3.96. The highest BCUT2D eigenvalue weighted by Gasteiger charge is 2.26. The second-order valence-corrected chi connectivity index (χ2v) is 5.05. The van der Waals surface area contributed by atoms with Gasteiger partial charge in [-0.3, -0.25) is 0 Å². The fourth-order valence-electron chi connectivity index (χ4n) is 2.88. The van der Waals surface area contributed by atoms with Crippen LogP contribution in [0.4, 0.5) is 0 Å². The smallest absolute Gasteiger partial charge is 0.00977 e. The number of nitrogens with zero attached hydrogens (tertiary/aromatic N) is 1. The molecule has 1 saturated carbocycles. The van der Waals surface area contributed by atoms with E-state index in [9.17, 15) is 0 Å². The van der Waals surface area contributed by atoms with E-state index in [1.54, 1.807) is 0 Å². The molecule has 0 aromatic rings. The first-order valence-electron chi connectivity index (χ1n) is 6.43. The molecule has 0 aromatic carbocycles. The molecule has 1 rings (SSSR count). The molecule has 1 heteroatoms. The Bertz CT molecular complexity index is 149. The Hall–Kier alpha value is -0.0400. The molecule has 0 radical (unpaired) electrons. The average Bonchev–Trinajstić information content (AvgIpc) is 2.20. The van der Waals surface area contributed by atoms with E-state index in [4.69, 9.17) is 0 Å². The van der Waals surface area contributed by atoms with Crippen molar-refractivity contribution in [3.63, 3.8) is 0 Å². The Morgan fingerprint density at radius 3 is 2.29 bits per heavy atom. The molecule has 84 valence electrons. The first-order chi connectivity index (χ1) is 6.69. The second kappa shape index (κ2) is 5.75. The first-order valence-corrected chi connectivity index (χ1v) is 6.43. The summed E-state index contributed by atoms with van der Waals surface area (Å²) in [5.41, 5.74) is 0.